The summed E-state index contributed by atoms with van der Waals surface area (Å²) in [4.78, 5) is 26.4. The van der Waals surface area contributed by atoms with E-state index in [1.165, 1.54) is 5.69 Å². The van der Waals surface area contributed by atoms with E-state index in [0.29, 0.717) is 17.7 Å². The lowest BCUT2D eigenvalue weighted by molar-refractivity contribution is -0.116. The van der Waals surface area contributed by atoms with Gasteiger partial charge in [-0.2, -0.15) is 5.10 Å². The van der Waals surface area contributed by atoms with Crippen LogP contribution in [0.25, 0.3) is 0 Å². The van der Waals surface area contributed by atoms with Crippen molar-refractivity contribution in [1.82, 2.24) is 5.43 Å². The summed E-state index contributed by atoms with van der Waals surface area (Å²) in [5.74, 6) is -0.302. The monoisotopic (exact) mass is 408 g/mol. The van der Waals surface area contributed by atoms with Crippen LogP contribution in [-0.2, 0) is 4.79 Å². The van der Waals surface area contributed by atoms with E-state index >= 15 is 0 Å². The van der Waals surface area contributed by atoms with E-state index in [0.717, 1.165) is 37.9 Å². The molecule has 2 amide bonds. The van der Waals surface area contributed by atoms with E-state index in [1.54, 1.807) is 30.5 Å². The zero-order valence-electron chi connectivity index (χ0n) is 18.1. The molecular formula is C24H32N4O2. The van der Waals surface area contributed by atoms with Crippen molar-refractivity contribution >= 4 is 29.4 Å². The predicted molar refractivity (Wildman–Crippen MR) is 124 cm³/mol. The Morgan fingerprint density at radius 3 is 2.20 bits per heavy atom. The first-order valence-corrected chi connectivity index (χ1v) is 10.7. The fourth-order valence-electron chi connectivity index (χ4n) is 3.05. The quantitative estimate of drug-likeness (QED) is 0.318. The van der Waals surface area contributed by atoms with Crippen molar-refractivity contribution in [3.63, 3.8) is 0 Å². The Balaban J connectivity index is 1.85. The molecule has 0 saturated heterocycles. The van der Waals surface area contributed by atoms with E-state index in [4.69, 9.17) is 0 Å². The van der Waals surface area contributed by atoms with Crippen LogP contribution >= 0.6 is 0 Å². The minimum absolute atomic E-state index is 0.00253. The molecule has 2 aromatic rings. The molecule has 6 nitrogen and oxygen atoms in total. The number of carbonyl (C=O) groups excluding carboxylic acids is 2. The minimum Gasteiger partial charge on any atom is -0.372 e. The number of amides is 2. The van der Waals surface area contributed by atoms with Crippen molar-refractivity contribution in [2.24, 2.45) is 5.10 Å². The molecule has 0 aliphatic carbocycles. The molecular weight excluding hydrogens is 376 g/mol. The third-order valence-corrected chi connectivity index (χ3v) is 4.84. The number of benzene rings is 2. The van der Waals surface area contributed by atoms with Crippen molar-refractivity contribution in [1.29, 1.82) is 0 Å². The van der Waals surface area contributed by atoms with Gasteiger partial charge in [0.2, 0.25) is 5.91 Å². The number of hydrogen-bond donors (Lipinski definition) is 2. The van der Waals surface area contributed by atoms with Crippen LogP contribution in [0.3, 0.4) is 0 Å². The lowest BCUT2D eigenvalue weighted by Crippen LogP contribution is -2.21. The van der Waals surface area contributed by atoms with Gasteiger partial charge in [-0.15, -0.1) is 0 Å². The molecule has 0 spiro atoms. The van der Waals surface area contributed by atoms with Crippen LogP contribution < -0.4 is 15.6 Å². The van der Waals surface area contributed by atoms with Crippen LogP contribution in [0.4, 0.5) is 11.4 Å². The molecule has 0 aliphatic rings. The largest absolute Gasteiger partial charge is 0.372 e. The summed E-state index contributed by atoms with van der Waals surface area (Å²) in [7, 11) is 0. The maximum atomic E-state index is 12.2. The van der Waals surface area contributed by atoms with Crippen LogP contribution in [0.5, 0.6) is 0 Å². The number of unbranched alkanes of at least 4 members (excludes halogenated alkanes) is 2. The van der Waals surface area contributed by atoms with Gasteiger partial charge in [-0.1, -0.05) is 31.9 Å². The van der Waals surface area contributed by atoms with E-state index < -0.39 is 0 Å². The Labute approximate surface area is 179 Å². The summed E-state index contributed by atoms with van der Waals surface area (Å²) >= 11 is 0. The summed E-state index contributed by atoms with van der Waals surface area (Å²) in [6, 6.07) is 14.8. The molecule has 6 heteroatoms. The highest BCUT2D eigenvalue weighted by Gasteiger charge is 2.06. The van der Waals surface area contributed by atoms with Gasteiger partial charge in [-0.25, -0.2) is 5.43 Å². The lowest BCUT2D eigenvalue weighted by atomic mass is 10.1. The SMILES string of the molecule is CCCCCC(=O)Nc1ccc(C(=O)N/N=C/c2ccc(N(CC)CC)cc2)cc1. The van der Waals surface area contributed by atoms with E-state index in [2.05, 4.69) is 41.5 Å². The van der Waals surface area contributed by atoms with Crippen molar-refractivity contribution in [2.75, 3.05) is 23.3 Å². The summed E-state index contributed by atoms with van der Waals surface area (Å²) in [5, 5.41) is 6.89. The number of carbonyl (C=O) groups is 2. The highest BCUT2D eigenvalue weighted by atomic mass is 16.2. The van der Waals surface area contributed by atoms with Crippen LogP contribution in [0.1, 0.15) is 62.4 Å². The molecule has 0 unspecified atom stereocenters. The third-order valence-electron chi connectivity index (χ3n) is 4.84. The second-order valence-electron chi connectivity index (χ2n) is 7.05. The highest BCUT2D eigenvalue weighted by Crippen LogP contribution is 2.14. The van der Waals surface area contributed by atoms with E-state index in [9.17, 15) is 9.59 Å². The summed E-state index contributed by atoms with van der Waals surface area (Å²) in [6.45, 7) is 8.28. The standard InChI is InChI=1S/C24H32N4O2/c1-4-7-8-9-23(29)26-21-14-12-20(13-15-21)24(30)27-25-18-19-10-16-22(17-11-19)28(5-2)6-3/h10-18H,4-9H2,1-3H3,(H,26,29)(H,27,30)/b25-18+. The van der Waals surface area contributed by atoms with Gasteiger partial charge in [0.05, 0.1) is 6.21 Å². The fraction of sp³-hybridized carbons (Fsp3) is 0.375. The highest BCUT2D eigenvalue weighted by molar-refractivity contribution is 5.96. The molecule has 0 aliphatic heterocycles. The maximum absolute atomic E-state index is 12.2. The Kier molecular flexibility index (Phi) is 9.58. The van der Waals surface area contributed by atoms with Crippen molar-refractivity contribution < 1.29 is 9.59 Å². The molecule has 0 fully saturated rings. The number of hydrazone groups is 1. The molecule has 0 aromatic heterocycles. The summed E-state index contributed by atoms with van der Waals surface area (Å²) < 4.78 is 0. The summed E-state index contributed by atoms with van der Waals surface area (Å²) in [5.41, 5.74) is 5.77. The molecule has 160 valence electrons. The normalized spacial score (nSPS) is 10.8. The Bertz CT molecular complexity index is 825. The zero-order chi connectivity index (χ0) is 21.8. The van der Waals surface area contributed by atoms with Crippen molar-refractivity contribution in [3.8, 4) is 0 Å². The zero-order valence-corrected chi connectivity index (χ0v) is 18.1. The molecule has 2 rings (SSSR count). The molecule has 0 saturated carbocycles. The molecule has 30 heavy (non-hydrogen) atoms. The second kappa shape index (κ2) is 12.4. The Hall–Kier alpha value is -3.15. The van der Waals surface area contributed by atoms with Crippen LogP contribution in [0.15, 0.2) is 53.6 Å². The average molecular weight is 409 g/mol. The van der Waals surface area contributed by atoms with Gasteiger partial charge in [0.25, 0.3) is 5.91 Å². The van der Waals surface area contributed by atoms with Crippen molar-refractivity contribution in [3.05, 3.63) is 59.7 Å². The lowest BCUT2D eigenvalue weighted by Gasteiger charge is -2.20. The number of nitrogens with zero attached hydrogens (tertiary/aromatic N) is 2. The van der Waals surface area contributed by atoms with Gasteiger partial charge in [-0.3, -0.25) is 9.59 Å². The smallest absolute Gasteiger partial charge is 0.271 e. The maximum Gasteiger partial charge on any atom is 0.271 e. The number of anilines is 2. The average Bonchev–Trinajstić information content (AvgIpc) is 2.76. The van der Waals surface area contributed by atoms with Gasteiger partial charge >= 0.3 is 0 Å². The van der Waals surface area contributed by atoms with E-state index in [-0.39, 0.29) is 11.8 Å². The molecule has 0 radical (unpaired) electrons. The molecule has 0 atom stereocenters. The molecule has 2 N–H and O–H groups in total. The fourth-order valence-corrected chi connectivity index (χ4v) is 3.05. The van der Waals surface area contributed by atoms with Gasteiger partial charge in [0, 0.05) is 36.4 Å². The van der Waals surface area contributed by atoms with Gasteiger partial charge in [0.1, 0.15) is 0 Å². The summed E-state index contributed by atoms with van der Waals surface area (Å²) in [6.07, 6.45) is 5.16. The first-order valence-electron chi connectivity index (χ1n) is 10.7. The van der Waals surface area contributed by atoms with Crippen LogP contribution in [-0.4, -0.2) is 31.1 Å². The van der Waals surface area contributed by atoms with Crippen molar-refractivity contribution in [2.45, 2.75) is 46.5 Å². The number of nitrogens with one attached hydrogen (secondary N) is 2. The van der Waals surface area contributed by atoms with Crippen LogP contribution in [0.2, 0.25) is 0 Å². The number of hydrogen-bond acceptors (Lipinski definition) is 4. The Morgan fingerprint density at radius 2 is 1.60 bits per heavy atom. The first-order chi connectivity index (χ1) is 14.6. The minimum atomic E-state index is -0.299. The topological polar surface area (TPSA) is 73.8 Å². The van der Waals surface area contributed by atoms with Gasteiger partial charge < -0.3 is 10.2 Å². The molecule has 0 heterocycles. The third kappa shape index (κ3) is 7.35. The van der Waals surface area contributed by atoms with E-state index in [1.807, 2.05) is 24.3 Å². The first kappa shape index (κ1) is 23.1. The van der Waals surface area contributed by atoms with Crippen LogP contribution in [0, 0.1) is 0 Å². The predicted octanol–water partition coefficient (Wildman–Crippen LogP) is 4.82. The second-order valence-corrected chi connectivity index (χ2v) is 7.05. The molecule has 2 aromatic carbocycles. The number of rotatable bonds is 11. The Morgan fingerprint density at radius 1 is 0.933 bits per heavy atom. The van der Waals surface area contributed by atoms with Gasteiger partial charge in [-0.05, 0) is 62.2 Å². The molecule has 0 bridgehead atoms. The van der Waals surface area contributed by atoms with Gasteiger partial charge in [0.15, 0.2) is 0 Å².